The molecule has 0 aliphatic carbocycles. The summed E-state index contributed by atoms with van der Waals surface area (Å²) in [6.07, 6.45) is 0. The zero-order valence-electron chi connectivity index (χ0n) is 7.90. The SMILES string of the molecule is CCS(=O)(=O)NCc1ccccc1O. The minimum atomic E-state index is -3.20. The highest BCUT2D eigenvalue weighted by atomic mass is 32.2. The molecule has 14 heavy (non-hydrogen) atoms. The molecule has 0 saturated carbocycles. The van der Waals surface area contributed by atoms with E-state index in [4.69, 9.17) is 0 Å². The second-order valence-electron chi connectivity index (χ2n) is 2.85. The van der Waals surface area contributed by atoms with E-state index in [0.29, 0.717) is 5.56 Å². The van der Waals surface area contributed by atoms with Crippen molar-refractivity contribution in [1.29, 1.82) is 0 Å². The Labute approximate surface area is 83.6 Å². The van der Waals surface area contributed by atoms with E-state index in [2.05, 4.69) is 4.72 Å². The third-order valence-corrected chi connectivity index (χ3v) is 3.20. The van der Waals surface area contributed by atoms with Crippen molar-refractivity contribution in [2.75, 3.05) is 5.75 Å². The van der Waals surface area contributed by atoms with E-state index in [1.54, 1.807) is 25.1 Å². The van der Waals surface area contributed by atoms with Gasteiger partial charge in [0.25, 0.3) is 0 Å². The van der Waals surface area contributed by atoms with Gasteiger partial charge in [0.2, 0.25) is 10.0 Å². The van der Waals surface area contributed by atoms with Crippen molar-refractivity contribution >= 4 is 10.0 Å². The number of aromatic hydroxyl groups is 1. The van der Waals surface area contributed by atoms with Crippen LogP contribution in [0.2, 0.25) is 0 Å². The topological polar surface area (TPSA) is 66.4 Å². The Morgan fingerprint density at radius 2 is 2.00 bits per heavy atom. The van der Waals surface area contributed by atoms with Gasteiger partial charge in [-0.3, -0.25) is 0 Å². The van der Waals surface area contributed by atoms with Crippen LogP contribution in [0.4, 0.5) is 0 Å². The van der Waals surface area contributed by atoms with Gasteiger partial charge in [0.1, 0.15) is 5.75 Å². The van der Waals surface area contributed by atoms with E-state index in [1.807, 2.05) is 0 Å². The summed E-state index contributed by atoms with van der Waals surface area (Å²) in [6.45, 7) is 1.69. The van der Waals surface area contributed by atoms with Crippen molar-refractivity contribution in [2.45, 2.75) is 13.5 Å². The van der Waals surface area contributed by atoms with Gasteiger partial charge in [-0.25, -0.2) is 13.1 Å². The molecular weight excluding hydrogens is 202 g/mol. The number of sulfonamides is 1. The van der Waals surface area contributed by atoms with Gasteiger partial charge in [-0.2, -0.15) is 0 Å². The average molecular weight is 215 g/mol. The Bertz CT molecular complexity index is 400. The van der Waals surface area contributed by atoms with Crippen LogP contribution < -0.4 is 4.72 Å². The first-order valence-corrected chi connectivity index (χ1v) is 5.94. The minimum absolute atomic E-state index is 0.0423. The van der Waals surface area contributed by atoms with Crippen molar-refractivity contribution in [3.8, 4) is 5.75 Å². The molecular formula is C9H13NO3S. The van der Waals surface area contributed by atoms with Crippen LogP contribution in [0.25, 0.3) is 0 Å². The number of nitrogens with one attached hydrogen (secondary N) is 1. The zero-order chi connectivity index (χ0) is 10.6. The van der Waals surface area contributed by atoms with Gasteiger partial charge in [-0.1, -0.05) is 18.2 Å². The summed E-state index contributed by atoms with van der Waals surface area (Å²) in [4.78, 5) is 0. The lowest BCUT2D eigenvalue weighted by atomic mass is 10.2. The first kappa shape index (κ1) is 11.0. The first-order valence-electron chi connectivity index (χ1n) is 4.29. The van der Waals surface area contributed by atoms with Gasteiger partial charge in [-0.15, -0.1) is 0 Å². The molecule has 0 aliphatic rings. The van der Waals surface area contributed by atoms with Gasteiger partial charge < -0.3 is 5.11 Å². The molecule has 0 saturated heterocycles. The van der Waals surface area contributed by atoms with Crippen LogP contribution in [0.5, 0.6) is 5.75 Å². The van der Waals surface area contributed by atoms with Crippen LogP contribution in [-0.2, 0) is 16.6 Å². The lowest BCUT2D eigenvalue weighted by molar-refractivity contribution is 0.467. The van der Waals surface area contributed by atoms with Crippen molar-refractivity contribution in [1.82, 2.24) is 4.72 Å². The summed E-state index contributed by atoms with van der Waals surface area (Å²) in [6, 6.07) is 6.63. The second-order valence-corrected chi connectivity index (χ2v) is 4.95. The van der Waals surface area contributed by atoms with E-state index in [1.165, 1.54) is 6.07 Å². The normalized spacial score (nSPS) is 11.5. The molecule has 1 rings (SSSR count). The van der Waals surface area contributed by atoms with Crippen LogP contribution in [0.3, 0.4) is 0 Å². The third kappa shape index (κ3) is 3.01. The molecule has 4 nitrogen and oxygen atoms in total. The van der Waals surface area contributed by atoms with Crippen molar-refractivity contribution in [2.24, 2.45) is 0 Å². The number of phenols is 1. The van der Waals surface area contributed by atoms with E-state index >= 15 is 0 Å². The molecule has 1 aromatic carbocycles. The number of hydrogen-bond donors (Lipinski definition) is 2. The molecule has 0 fully saturated rings. The molecule has 0 atom stereocenters. The fraction of sp³-hybridized carbons (Fsp3) is 0.333. The Morgan fingerprint density at radius 1 is 1.36 bits per heavy atom. The molecule has 0 amide bonds. The Hall–Kier alpha value is -1.07. The van der Waals surface area contributed by atoms with Crippen molar-refractivity contribution in [3.63, 3.8) is 0 Å². The van der Waals surface area contributed by atoms with Crippen LogP contribution in [0.1, 0.15) is 12.5 Å². The van der Waals surface area contributed by atoms with Gasteiger partial charge in [0.05, 0.1) is 5.75 Å². The highest BCUT2D eigenvalue weighted by Gasteiger charge is 2.07. The number of phenolic OH excluding ortho intramolecular Hbond substituents is 1. The monoisotopic (exact) mass is 215 g/mol. The van der Waals surface area contributed by atoms with E-state index in [0.717, 1.165) is 0 Å². The minimum Gasteiger partial charge on any atom is -0.508 e. The summed E-state index contributed by atoms with van der Waals surface area (Å²) < 4.78 is 24.6. The van der Waals surface area contributed by atoms with Gasteiger partial charge in [-0.05, 0) is 13.0 Å². The molecule has 5 heteroatoms. The predicted octanol–water partition coefficient (Wildman–Crippen LogP) is 0.831. The molecule has 0 bridgehead atoms. The molecule has 0 aromatic heterocycles. The smallest absolute Gasteiger partial charge is 0.211 e. The standard InChI is InChI=1S/C9H13NO3S/c1-2-14(12,13)10-7-8-5-3-4-6-9(8)11/h3-6,10-11H,2,7H2,1H3. The maximum absolute atomic E-state index is 11.1. The Balaban J connectivity index is 2.68. The first-order chi connectivity index (χ1) is 6.55. The number of rotatable bonds is 4. The number of para-hydroxylation sites is 1. The largest absolute Gasteiger partial charge is 0.508 e. The molecule has 0 aliphatic heterocycles. The van der Waals surface area contributed by atoms with Crippen LogP contribution in [-0.4, -0.2) is 19.3 Å². The third-order valence-electron chi connectivity index (χ3n) is 1.85. The number of hydrogen-bond acceptors (Lipinski definition) is 3. The molecule has 2 N–H and O–H groups in total. The van der Waals surface area contributed by atoms with E-state index < -0.39 is 10.0 Å². The molecule has 0 unspecified atom stereocenters. The lowest BCUT2D eigenvalue weighted by Gasteiger charge is -2.05. The van der Waals surface area contributed by atoms with Crippen molar-refractivity contribution in [3.05, 3.63) is 29.8 Å². The second kappa shape index (κ2) is 4.43. The zero-order valence-corrected chi connectivity index (χ0v) is 8.71. The number of benzene rings is 1. The molecule has 0 radical (unpaired) electrons. The van der Waals surface area contributed by atoms with Crippen LogP contribution in [0.15, 0.2) is 24.3 Å². The highest BCUT2D eigenvalue weighted by Crippen LogP contribution is 2.14. The quantitative estimate of drug-likeness (QED) is 0.781. The maximum atomic E-state index is 11.1. The Morgan fingerprint density at radius 3 is 2.57 bits per heavy atom. The van der Waals surface area contributed by atoms with Gasteiger partial charge in [0.15, 0.2) is 0 Å². The summed E-state index contributed by atoms with van der Waals surface area (Å²) >= 11 is 0. The summed E-state index contributed by atoms with van der Waals surface area (Å²) in [5.74, 6) is 0.145. The fourth-order valence-electron chi connectivity index (χ4n) is 0.950. The van der Waals surface area contributed by atoms with Crippen LogP contribution >= 0.6 is 0 Å². The molecule has 0 heterocycles. The Kier molecular flexibility index (Phi) is 3.49. The maximum Gasteiger partial charge on any atom is 0.211 e. The average Bonchev–Trinajstić information content (AvgIpc) is 2.17. The fourth-order valence-corrected chi connectivity index (χ4v) is 1.53. The van der Waals surface area contributed by atoms with E-state index in [-0.39, 0.29) is 18.0 Å². The summed E-state index contributed by atoms with van der Waals surface area (Å²) in [7, 11) is -3.20. The highest BCUT2D eigenvalue weighted by molar-refractivity contribution is 7.89. The molecule has 1 aromatic rings. The summed E-state index contributed by atoms with van der Waals surface area (Å²) in [5, 5.41) is 9.35. The van der Waals surface area contributed by atoms with Crippen molar-refractivity contribution < 1.29 is 13.5 Å². The predicted molar refractivity (Wildman–Crippen MR) is 54.4 cm³/mol. The van der Waals surface area contributed by atoms with Gasteiger partial charge in [0, 0.05) is 12.1 Å². The van der Waals surface area contributed by atoms with Gasteiger partial charge >= 0.3 is 0 Å². The lowest BCUT2D eigenvalue weighted by Crippen LogP contribution is -2.24. The van der Waals surface area contributed by atoms with E-state index in [9.17, 15) is 13.5 Å². The molecule has 78 valence electrons. The van der Waals surface area contributed by atoms with Crippen LogP contribution in [0, 0.1) is 0 Å². The summed E-state index contributed by atoms with van der Waals surface area (Å²) in [5.41, 5.74) is 0.574. The molecule has 0 spiro atoms.